The van der Waals surface area contributed by atoms with Crippen molar-refractivity contribution in [2.24, 2.45) is 0 Å². The summed E-state index contributed by atoms with van der Waals surface area (Å²) in [6.07, 6.45) is 8.19. The molecular weight excluding hydrogens is 359 g/mol. The highest BCUT2D eigenvalue weighted by Crippen LogP contribution is 2.27. The van der Waals surface area contributed by atoms with Gasteiger partial charge in [0.2, 0.25) is 0 Å². The van der Waals surface area contributed by atoms with Crippen molar-refractivity contribution in [3.63, 3.8) is 0 Å². The predicted molar refractivity (Wildman–Crippen MR) is 94.2 cm³/mol. The molecule has 1 aliphatic rings. The molecule has 0 saturated carbocycles. The van der Waals surface area contributed by atoms with E-state index in [0.29, 0.717) is 0 Å². The molecule has 3 rings (SSSR count). The number of hydrogen-bond donors (Lipinski definition) is 0. The molecule has 0 aliphatic carbocycles. The van der Waals surface area contributed by atoms with Gasteiger partial charge in [-0.1, -0.05) is 12.1 Å². The minimum absolute atomic E-state index is 0.889. The van der Waals surface area contributed by atoms with E-state index in [2.05, 4.69) is 63.0 Å². The Balaban J connectivity index is 1.90. The number of rotatable bonds is 5. The molecular formula is C17H21IN2. The van der Waals surface area contributed by atoms with Crippen LogP contribution in [0.5, 0.6) is 0 Å². The van der Waals surface area contributed by atoms with Gasteiger partial charge in [0.05, 0.1) is 0 Å². The van der Waals surface area contributed by atoms with Crippen molar-refractivity contribution in [2.45, 2.75) is 25.8 Å². The molecule has 0 amide bonds. The summed E-state index contributed by atoms with van der Waals surface area (Å²) in [5.74, 6) is 0. The van der Waals surface area contributed by atoms with Crippen molar-refractivity contribution < 1.29 is 0 Å². The van der Waals surface area contributed by atoms with E-state index in [1.165, 1.54) is 52.5 Å². The van der Waals surface area contributed by atoms with E-state index >= 15 is 0 Å². The second-order valence-corrected chi connectivity index (χ2v) is 6.69. The molecule has 1 fully saturated rings. The molecule has 1 aliphatic heterocycles. The predicted octanol–water partition coefficient (Wildman–Crippen LogP) is 4.07. The summed E-state index contributed by atoms with van der Waals surface area (Å²) >= 11 is 2.46. The van der Waals surface area contributed by atoms with E-state index in [9.17, 15) is 0 Å². The highest BCUT2D eigenvalue weighted by Gasteiger charge is 2.14. The molecule has 0 bridgehead atoms. The second-order valence-electron chi connectivity index (χ2n) is 5.53. The van der Waals surface area contributed by atoms with Crippen molar-refractivity contribution in [3.05, 3.63) is 46.2 Å². The fourth-order valence-electron chi connectivity index (χ4n) is 3.16. The fourth-order valence-corrected chi connectivity index (χ4v) is 3.99. The summed E-state index contributed by atoms with van der Waals surface area (Å²) in [5.41, 5.74) is 2.83. The summed E-state index contributed by atoms with van der Waals surface area (Å²) in [4.78, 5) is 2.59. The first-order valence-corrected chi connectivity index (χ1v) is 8.47. The molecule has 2 heterocycles. The van der Waals surface area contributed by atoms with E-state index in [4.69, 9.17) is 0 Å². The van der Waals surface area contributed by atoms with Crippen LogP contribution in [0.3, 0.4) is 0 Å². The summed E-state index contributed by atoms with van der Waals surface area (Å²) in [6.45, 7) is 8.51. The first-order chi connectivity index (χ1) is 9.79. The summed E-state index contributed by atoms with van der Waals surface area (Å²) in [6, 6.07) is 6.58. The normalized spacial score (nSPS) is 16.1. The molecule has 0 unspecified atom stereocenters. The maximum absolute atomic E-state index is 3.87. The van der Waals surface area contributed by atoms with Crippen LogP contribution in [0.4, 0.5) is 0 Å². The van der Waals surface area contributed by atoms with Crippen molar-refractivity contribution in [2.75, 3.05) is 19.6 Å². The minimum atomic E-state index is 0.889. The zero-order valence-corrected chi connectivity index (χ0v) is 14.0. The molecule has 20 heavy (non-hydrogen) atoms. The number of fused-ring (bicyclic) bond motifs is 1. The van der Waals surface area contributed by atoms with Gasteiger partial charge < -0.3 is 9.47 Å². The van der Waals surface area contributed by atoms with Crippen LogP contribution < -0.4 is 0 Å². The number of allylic oxidation sites excluding steroid dienone is 1. The van der Waals surface area contributed by atoms with Gasteiger partial charge in [0, 0.05) is 33.8 Å². The van der Waals surface area contributed by atoms with Crippen molar-refractivity contribution >= 4 is 33.5 Å². The monoisotopic (exact) mass is 380 g/mol. The SMILES string of the molecule is C=CCn1cc(CCN2CCCC2)c2c(I)cccc21. The molecule has 1 saturated heterocycles. The van der Waals surface area contributed by atoms with Gasteiger partial charge in [-0.25, -0.2) is 0 Å². The first kappa shape index (κ1) is 14.1. The minimum Gasteiger partial charge on any atom is -0.343 e. The average molecular weight is 380 g/mol. The quantitative estimate of drug-likeness (QED) is 0.561. The Kier molecular flexibility index (Phi) is 4.46. The third kappa shape index (κ3) is 2.79. The van der Waals surface area contributed by atoms with E-state index in [1.807, 2.05) is 6.08 Å². The number of benzene rings is 1. The average Bonchev–Trinajstić information content (AvgIpc) is 3.06. The van der Waals surface area contributed by atoms with Gasteiger partial charge in [-0.15, -0.1) is 6.58 Å². The maximum Gasteiger partial charge on any atom is 0.0496 e. The topological polar surface area (TPSA) is 8.17 Å². The van der Waals surface area contributed by atoms with Crippen LogP contribution in [-0.2, 0) is 13.0 Å². The Bertz CT molecular complexity index is 609. The van der Waals surface area contributed by atoms with Gasteiger partial charge in [-0.05, 0) is 72.6 Å². The van der Waals surface area contributed by atoms with Crippen LogP contribution in [0.15, 0.2) is 37.1 Å². The Morgan fingerprint density at radius 3 is 2.80 bits per heavy atom. The lowest BCUT2D eigenvalue weighted by Crippen LogP contribution is -2.21. The third-order valence-electron chi connectivity index (χ3n) is 4.16. The molecule has 1 aromatic carbocycles. The molecule has 106 valence electrons. The standard InChI is InChI=1S/C17H21IN2/c1-2-9-20-13-14(8-12-19-10-3-4-11-19)17-15(18)6-5-7-16(17)20/h2,5-7,13H,1,3-4,8-12H2. The van der Waals surface area contributed by atoms with Crippen molar-refractivity contribution in [1.29, 1.82) is 0 Å². The molecule has 1 aromatic heterocycles. The second kappa shape index (κ2) is 6.31. The fraction of sp³-hybridized carbons (Fsp3) is 0.412. The van der Waals surface area contributed by atoms with Crippen LogP contribution in [0.25, 0.3) is 10.9 Å². The number of aromatic nitrogens is 1. The molecule has 2 aromatic rings. The zero-order chi connectivity index (χ0) is 13.9. The maximum atomic E-state index is 3.87. The van der Waals surface area contributed by atoms with Crippen LogP contribution in [-0.4, -0.2) is 29.1 Å². The van der Waals surface area contributed by atoms with Crippen LogP contribution in [0, 0.1) is 3.57 Å². The number of halogens is 1. The summed E-state index contributed by atoms with van der Waals surface area (Å²) < 4.78 is 3.68. The number of nitrogens with zero attached hydrogens (tertiary/aromatic N) is 2. The Labute approximate surface area is 134 Å². The van der Waals surface area contributed by atoms with E-state index in [-0.39, 0.29) is 0 Å². The van der Waals surface area contributed by atoms with Gasteiger partial charge in [0.25, 0.3) is 0 Å². The van der Waals surface area contributed by atoms with Gasteiger partial charge >= 0.3 is 0 Å². The number of hydrogen-bond acceptors (Lipinski definition) is 1. The zero-order valence-electron chi connectivity index (χ0n) is 11.8. The van der Waals surface area contributed by atoms with Crippen LogP contribution >= 0.6 is 22.6 Å². The number of likely N-dealkylation sites (tertiary alicyclic amines) is 1. The van der Waals surface area contributed by atoms with Crippen LogP contribution in [0.2, 0.25) is 0 Å². The molecule has 2 nitrogen and oxygen atoms in total. The molecule has 0 atom stereocenters. The Hall–Kier alpha value is -0.810. The molecule has 0 spiro atoms. The molecule has 3 heteroatoms. The third-order valence-corrected chi connectivity index (χ3v) is 5.05. The van der Waals surface area contributed by atoms with Gasteiger partial charge in [0.1, 0.15) is 0 Å². The molecule has 0 radical (unpaired) electrons. The lowest BCUT2D eigenvalue weighted by Gasteiger charge is -2.13. The highest BCUT2D eigenvalue weighted by atomic mass is 127. The van der Waals surface area contributed by atoms with E-state index in [0.717, 1.165) is 13.0 Å². The van der Waals surface area contributed by atoms with Crippen molar-refractivity contribution in [1.82, 2.24) is 9.47 Å². The summed E-state index contributed by atoms with van der Waals surface area (Å²) in [7, 11) is 0. The van der Waals surface area contributed by atoms with Gasteiger partial charge in [-0.2, -0.15) is 0 Å². The van der Waals surface area contributed by atoms with Gasteiger partial charge in [-0.3, -0.25) is 0 Å². The van der Waals surface area contributed by atoms with E-state index in [1.54, 1.807) is 0 Å². The Morgan fingerprint density at radius 2 is 2.05 bits per heavy atom. The highest BCUT2D eigenvalue weighted by molar-refractivity contribution is 14.1. The summed E-state index contributed by atoms with van der Waals surface area (Å²) in [5, 5.41) is 1.44. The Morgan fingerprint density at radius 1 is 1.25 bits per heavy atom. The van der Waals surface area contributed by atoms with Crippen molar-refractivity contribution in [3.8, 4) is 0 Å². The lowest BCUT2D eigenvalue weighted by atomic mass is 10.1. The van der Waals surface area contributed by atoms with Gasteiger partial charge in [0.15, 0.2) is 0 Å². The lowest BCUT2D eigenvalue weighted by molar-refractivity contribution is 0.344. The molecule has 0 N–H and O–H groups in total. The van der Waals surface area contributed by atoms with Crippen LogP contribution in [0.1, 0.15) is 18.4 Å². The van der Waals surface area contributed by atoms with E-state index < -0.39 is 0 Å². The smallest absolute Gasteiger partial charge is 0.0496 e. The largest absolute Gasteiger partial charge is 0.343 e. The first-order valence-electron chi connectivity index (χ1n) is 7.39.